The topological polar surface area (TPSA) is 48.0 Å². The summed E-state index contributed by atoms with van der Waals surface area (Å²) in [6.07, 6.45) is 7.66. The number of rotatable bonds is 10. The van der Waals surface area contributed by atoms with E-state index in [1.165, 1.54) is 37.4 Å². The van der Waals surface area contributed by atoms with E-state index in [1.54, 1.807) is 0 Å². The lowest BCUT2D eigenvalue weighted by atomic mass is 10.1. The predicted molar refractivity (Wildman–Crippen MR) is 100 cm³/mol. The Morgan fingerprint density at radius 2 is 1.58 bits per heavy atom. The van der Waals surface area contributed by atoms with Gasteiger partial charge in [-0.25, -0.2) is 0 Å². The molecule has 0 spiro atoms. The Kier molecular flexibility index (Phi) is 9.89. The van der Waals surface area contributed by atoms with Crippen molar-refractivity contribution < 1.29 is 18.1 Å². The monoisotopic (exact) mass is 375 g/mol. The minimum atomic E-state index is -2.49. The Morgan fingerprint density at radius 3 is 2.21 bits per heavy atom. The second-order valence-corrected chi connectivity index (χ2v) is 10.4. The summed E-state index contributed by atoms with van der Waals surface area (Å²) in [4.78, 5) is 14.2. The fourth-order valence-electron chi connectivity index (χ4n) is 3.09. The quantitative estimate of drug-likeness (QED) is 0.431. The average Bonchev–Trinajstić information content (AvgIpc) is 2.51. The highest BCUT2D eigenvalue weighted by molar-refractivity contribution is 8.13. The van der Waals surface area contributed by atoms with E-state index in [2.05, 4.69) is 11.8 Å². The Labute approximate surface area is 152 Å². The molecule has 140 valence electrons. The van der Waals surface area contributed by atoms with Crippen molar-refractivity contribution in [3.63, 3.8) is 0 Å². The van der Waals surface area contributed by atoms with Crippen molar-refractivity contribution in [2.24, 2.45) is 0 Å². The molecule has 3 aliphatic rings. The molecule has 0 saturated carbocycles. The van der Waals surface area contributed by atoms with Crippen LogP contribution in [0.25, 0.3) is 0 Å². The van der Waals surface area contributed by atoms with Crippen molar-refractivity contribution in [3.8, 4) is 0 Å². The largest absolute Gasteiger partial charge is 0.501 e. The van der Waals surface area contributed by atoms with Crippen molar-refractivity contribution >= 4 is 25.7 Å². The van der Waals surface area contributed by atoms with E-state index in [-0.39, 0.29) is 0 Å². The van der Waals surface area contributed by atoms with Crippen molar-refractivity contribution in [2.45, 2.75) is 57.9 Å². The zero-order valence-electron chi connectivity index (χ0n) is 15.1. The molecule has 3 saturated heterocycles. The average molecular weight is 376 g/mol. The standard InChI is InChI=1S/C17H33NO4SSi/c1-2-3-4-5-6-8-17(19)23-15-7-16-24-20-12-9-18(10-13-21-24)11-14-22-24/h2-16H2,1H3. The lowest BCUT2D eigenvalue weighted by Gasteiger charge is -2.38. The molecule has 3 aliphatic heterocycles. The molecule has 24 heavy (non-hydrogen) atoms. The van der Waals surface area contributed by atoms with Crippen LogP contribution in [-0.4, -0.2) is 64.0 Å². The number of unbranched alkanes of at least 4 members (excludes halogenated alkanes) is 4. The van der Waals surface area contributed by atoms with E-state index in [4.69, 9.17) is 13.3 Å². The van der Waals surface area contributed by atoms with E-state index in [9.17, 15) is 4.79 Å². The Balaban J connectivity index is 1.59. The van der Waals surface area contributed by atoms with Crippen LogP contribution in [0.15, 0.2) is 0 Å². The predicted octanol–water partition coefficient (Wildman–Crippen LogP) is 3.31. The number of hydrogen-bond acceptors (Lipinski definition) is 6. The van der Waals surface area contributed by atoms with Crippen LogP contribution in [0, 0.1) is 0 Å². The molecule has 3 rings (SSSR count). The van der Waals surface area contributed by atoms with Gasteiger partial charge >= 0.3 is 8.80 Å². The molecule has 7 heteroatoms. The highest BCUT2D eigenvalue weighted by Gasteiger charge is 2.43. The van der Waals surface area contributed by atoms with Crippen LogP contribution in [-0.2, 0) is 18.1 Å². The van der Waals surface area contributed by atoms with Gasteiger partial charge in [-0.15, -0.1) is 0 Å². The minimum Gasteiger partial charge on any atom is -0.372 e. The summed E-state index contributed by atoms with van der Waals surface area (Å²) in [6.45, 7) is 7.26. The molecule has 0 amide bonds. The Morgan fingerprint density at radius 1 is 0.958 bits per heavy atom. The maximum Gasteiger partial charge on any atom is 0.501 e. The van der Waals surface area contributed by atoms with Crippen LogP contribution in [0.1, 0.15) is 51.9 Å². The van der Waals surface area contributed by atoms with Crippen LogP contribution in [0.5, 0.6) is 0 Å². The third kappa shape index (κ3) is 7.54. The molecule has 0 aliphatic carbocycles. The van der Waals surface area contributed by atoms with E-state index in [1.807, 2.05) is 0 Å². The molecule has 0 N–H and O–H groups in total. The Hall–Kier alpha value is 0.0769. The van der Waals surface area contributed by atoms with Crippen LogP contribution in [0.3, 0.4) is 0 Å². The number of carbonyl (C=O) groups is 1. The van der Waals surface area contributed by atoms with Gasteiger partial charge in [0.25, 0.3) is 0 Å². The van der Waals surface area contributed by atoms with Gasteiger partial charge in [0.1, 0.15) is 0 Å². The molecule has 0 radical (unpaired) electrons. The van der Waals surface area contributed by atoms with Crippen LogP contribution < -0.4 is 0 Å². The number of carbonyl (C=O) groups excluding carboxylic acids is 1. The number of fused-ring (bicyclic) bond motifs is 6. The molecule has 0 aromatic heterocycles. The summed E-state index contributed by atoms with van der Waals surface area (Å²) in [5.74, 6) is 0.852. The highest BCUT2D eigenvalue weighted by Crippen LogP contribution is 2.23. The van der Waals surface area contributed by atoms with Crippen molar-refractivity contribution in [1.82, 2.24) is 4.90 Å². The van der Waals surface area contributed by atoms with Gasteiger partial charge in [-0.1, -0.05) is 44.4 Å². The third-order valence-electron chi connectivity index (χ3n) is 4.56. The van der Waals surface area contributed by atoms with Crippen molar-refractivity contribution in [3.05, 3.63) is 0 Å². The van der Waals surface area contributed by atoms with Gasteiger partial charge in [0.2, 0.25) is 0 Å². The summed E-state index contributed by atoms with van der Waals surface area (Å²) >= 11 is 1.47. The minimum absolute atomic E-state index is 0.333. The molecule has 5 nitrogen and oxygen atoms in total. The van der Waals surface area contributed by atoms with E-state index < -0.39 is 8.80 Å². The van der Waals surface area contributed by atoms with Gasteiger partial charge in [-0.05, 0) is 12.8 Å². The first kappa shape index (κ1) is 20.4. The van der Waals surface area contributed by atoms with Crippen molar-refractivity contribution in [1.29, 1.82) is 0 Å². The molecular formula is C17H33NO4SSi. The summed E-state index contributed by atoms with van der Waals surface area (Å²) < 4.78 is 18.0. The van der Waals surface area contributed by atoms with Crippen LogP contribution >= 0.6 is 11.8 Å². The normalized spacial score (nSPS) is 27.5. The second-order valence-electron chi connectivity index (χ2n) is 6.56. The maximum atomic E-state index is 11.9. The van der Waals surface area contributed by atoms with Crippen molar-refractivity contribution in [2.75, 3.05) is 45.2 Å². The second kappa shape index (κ2) is 11.6. The Bertz CT molecular complexity index is 346. The molecule has 2 bridgehead atoms. The van der Waals surface area contributed by atoms with E-state index in [0.717, 1.165) is 50.7 Å². The van der Waals surface area contributed by atoms with E-state index in [0.29, 0.717) is 24.9 Å². The van der Waals surface area contributed by atoms with Gasteiger partial charge in [0.05, 0.1) is 19.8 Å². The van der Waals surface area contributed by atoms with Gasteiger partial charge in [-0.2, -0.15) is 0 Å². The van der Waals surface area contributed by atoms with Gasteiger partial charge < -0.3 is 13.3 Å². The van der Waals surface area contributed by atoms with Crippen LogP contribution in [0.2, 0.25) is 6.04 Å². The number of thioether (sulfide) groups is 1. The van der Waals surface area contributed by atoms with Gasteiger partial charge in [0, 0.05) is 37.9 Å². The summed E-state index contributed by atoms with van der Waals surface area (Å²) in [7, 11) is -2.49. The SMILES string of the molecule is CCCCCCCC(=O)SCCC[Si]12OCCN(CCO1)CCO2. The van der Waals surface area contributed by atoms with Gasteiger partial charge in [-0.3, -0.25) is 9.69 Å². The third-order valence-corrected chi connectivity index (χ3v) is 8.48. The van der Waals surface area contributed by atoms with Gasteiger partial charge in [0.15, 0.2) is 5.12 Å². The molecule has 0 atom stereocenters. The first-order valence-corrected chi connectivity index (χ1v) is 12.5. The maximum absolute atomic E-state index is 11.9. The lowest BCUT2D eigenvalue weighted by Crippen LogP contribution is -2.55. The van der Waals surface area contributed by atoms with E-state index >= 15 is 0 Å². The zero-order chi connectivity index (χ0) is 17.1. The molecule has 3 heterocycles. The number of nitrogens with zero attached hydrogens (tertiary/aromatic N) is 1. The smallest absolute Gasteiger partial charge is 0.372 e. The first-order chi connectivity index (χ1) is 11.7. The lowest BCUT2D eigenvalue weighted by molar-refractivity contribution is -0.111. The fourth-order valence-corrected chi connectivity index (χ4v) is 6.65. The zero-order valence-corrected chi connectivity index (χ0v) is 16.9. The summed E-state index contributed by atoms with van der Waals surface area (Å²) in [5, 5.41) is 0.333. The summed E-state index contributed by atoms with van der Waals surface area (Å²) in [5.41, 5.74) is 0. The molecular weight excluding hydrogens is 342 g/mol. The summed E-state index contributed by atoms with van der Waals surface area (Å²) in [6, 6.07) is 0.837. The fraction of sp³-hybridized carbons (Fsp3) is 0.941. The molecule has 0 aromatic rings. The molecule has 0 aromatic carbocycles. The first-order valence-electron chi connectivity index (χ1n) is 9.54. The number of hydrogen-bond donors (Lipinski definition) is 0. The highest BCUT2D eigenvalue weighted by atomic mass is 32.2. The molecule has 0 unspecified atom stereocenters. The van der Waals surface area contributed by atoms with Crippen LogP contribution in [0.4, 0.5) is 0 Å². The molecule has 3 fully saturated rings.